The van der Waals surface area contributed by atoms with Gasteiger partial charge in [0, 0.05) is 48.4 Å². The first-order valence-corrected chi connectivity index (χ1v) is 13.4. The van der Waals surface area contributed by atoms with E-state index in [9.17, 15) is 0 Å². The number of anilines is 2. The molecule has 1 aliphatic rings. The third-order valence-corrected chi connectivity index (χ3v) is 6.39. The highest BCUT2D eigenvalue weighted by Gasteiger charge is 2.19. The van der Waals surface area contributed by atoms with Gasteiger partial charge in [-0.1, -0.05) is 38.4 Å². The Morgan fingerprint density at radius 2 is 1.90 bits per heavy atom. The molecular formula is C30H35N7O3. The number of fused-ring (bicyclic) bond motifs is 1. The largest absolute Gasteiger partial charge is 0.490 e. The molecule has 0 bridgehead atoms. The van der Waals surface area contributed by atoms with Crippen molar-refractivity contribution in [3.8, 4) is 17.6 Å². The molecule has 2 N–H and O–H groups in total. The molecular weight excluding hydrogens is 506 g/mol. The third kappa shape index (κ3) is 7.00. The van der Waals surface area contributed by atoms with Gasteiger partial charge in [-0.3, -0.25) is 4.90 Å². The zero-order valence-corrected chi connectivity index (χ0v) is 23.2. The number of benzene rings is 1. The van der Waals surface area contributed by atoms with Gasteiger partial charge in [0.25, 0.3) is 0 Å². The summed E-state index contributed by atoms with van der Waals surface area (Å²) in [5, 5.41) is 14.8. The van der Waals surface area contributed by atoms with E-state index in [0.717, 1.165) is 56.3 Å². The van der Waals surface area contributed by atoms with E-state index >= 15 is 0 Å². The molecule has 0 amide bonds. The van der Waals surface area contributed by atoms with Crippen molar-refractivity contribution >= 4 is 17.2 Å². The maximum Gasteiger partial charge on any atom is 0.197 e. The summed E-state index contributed by atoms with van der Waals surface area (Å²) in [6, 6.07) is 11.5. The van der Waals surface area contributed by atoms with Crippen LogP contribution in [-0.4, -0.2) is 64.1 Å². The minimum atomic E-state index is -0.114. The normalized spacial score (nSPS) is 14.0. The number of rotatable bonds is 9. The van der Waals surface area contributed by atoms with Crippen LogP contribution in [0.5, 0.6) is 5.75 Å². The van der Waals surface area contributed by atoms with Gasteiger partial charge in [-0.25, -0.2) is 9.50 Å². The second-order valence-electron chi connectivity index (χ2n) is 10.6. The van der Waals surface area contributed by atoms with Crippen LogP contribution in [0.25, 0.3) is 5.65 Å². The van der Waals surface area contributed by atoms with E-state index < -0.39 is 0 Å². The number of aromatic nitrogens is 4. The smallest absolute Gasteiger partial charge is 0.197 e. The summed E-state index contributed by atoms with van der Waals surface area (Å²) in [6.07, 6.45) is 4.37. The SMILES string of the molecule is C=C(Nc1ccc(C#Cc2cnc3c(OCCCN4CCOCC4)ccnn23)cc1)Nc1cc(C(C)(C)C)on1. The number of imidazole rings is 1. The van der Waals surface area contributed by atoms with Gasteiger partial charge in [0.05, 0.1) is 32.2 Å². The van der Waals surface area contributed by atoms with Gasteiger partial charge in [0.1, 0.15) is 17.3 Å². The molecule has 0 spiro atoms. The Morgan fingerprint density at radius 1 is 1.10 bits per heavy atom. The van der Waals surface area contributed by atoms with Crippen molar-refractivity contribution in [2.45, 2.75) is 32.6 Å². The van der Waals surface area contributed by atoms with Crippen molar-refractivity contribution in [1.29, 1.82) is 0 Å². The van der Waals surface area contributed by atoms with Gasteiger partial charge in [0.15, 0.2) is 17.2 Å². The molecule has 5 rings (SSSR count). The Morgan fingerprint density at radius 3 is 2.65 bits per heavy atom. The first kappa shape index (κ1) is 27.2. The van der Waals surface area contributed by atoms with E-state index in [-0.39, 0.29) is 5.41 Å². The van der Waals surface area contributed by atoms with Crippen LogP contribution in [0.15, 0.2) is 65.7 Å². The van der Waals surface area contributed by atoms with Crippen molar-refractivity contribution in [2.24, 2.45) is 0 Å². The second kappa shape index (κ2) is 12.2. The fourth-order valence-corrected chi connectivity index (χ4v) is 4.19. The Balaban J connectivity index is 1.16. The van der Waals surface area contributed by atoms with Crippen LogP contribution in [0, 0.1) is 11.8 Å². The summed E-state index contributed by atoms with van der Waals surface area (Å²) in [5.74, 6) is 9.06. The molecule has 4 aromatic rings. The molecule has 0 atom stereocenters. The molecule has 10 nitrogen and oxygen atoms in total. The highest BCUT2D eigenvalue weighted by Crippen LogP contribution is 2.25. The summed E-state index contributed by atoms with van der Waals surface area (Å²) >= 11 is 0. The van der Waals surface area contributed by atoms with E-state index in [2.05, 4.69) is 70.0 Å². The number of nitrogens with zero attached hydrogens (tertiary/aromatic N) is 5. The number of ether oxygens (including phenoxy) is 2. The van der Waals surface area contributed by atoms with Crippen LogP contribution in [0.4, 0.5) is 11.5 Å². The molecule has 40 heavy (non-hydrogen) atoms. The van der Waals surface area contributed by atoms with E-state index in [1.807, 2.05) is 36.4 Å². The average molecular weight is 542 g/mol. The molecule has 0 saturated carbocycles. The highest BCUT2D eigenvalue weighted by atomic mass is 16.5. The average Bonchev–Trinajstić information content (AvgIpc) is 3.59. The predicted octanol–water partition coefficient (Wildman–Crippen LogP) is 4.51. The highest BCUT2D eigenvalue weighted by molar-refractivity contribution is 5.57. The lowest BCUT2D eigenvalue weighted by Crippen LogP contribution is -2.37. The fourth-order valence-electron chi connectivity index (χ4n) is 4.19. The molecule has 0 unspecified atom stereocenters. The molecule has 1 aromatic carbocycles. The third-order valence-electron chi connectivity index (χ3n) is 6.39. The Hall–Kier alpha value is -4.33. The number of morpholine rings is 1. The fraction of sp³-hybridized carbons (Fsp3) is 0.367. The Labute approximate surface area is 234 Å². The second-order valence-corrected chi connectivity index (χ2v) is 10.6. The van der Waals surface area contributed by atoms with Crippen molar-refractivity contribution in [3.05, 3.63) is 78.2 Å². The van der Waals surface area contributed by atoms with Crippen LogP contribution in [0.1, 0.15) is 44.2 Å². The quantitative estimate of drug-likeness (QED) is 0.234. The van der Waals surface area contributed by atoms with Gasteiger partial charge in [-0.2, -0.15) is 5.10 Å². The minimum absolute atomic E-state index is 0.114. The van der Waals surface area contributed by atoms with Gasteiger partial charge >= 0.3 is 0 Å². The lowest BCUT2D eigenvalue weighted by molar-refractivity contribution is 0.0358. The summed E-state index contributed by atoms with van der Waals surface area (Å²) in [6.45, 7) is 15.4. The lowest BCUT2D eigenvalue weighted by atomic mass is 9.93. The number of hydrogen-bond donors (Lipinski definition) is 2. The molecule has 1 saturated heterocycles. The van der Waals surface area contributed by atoms with E-state index in [1.54, 1.807) is 16.9 Å². The van der Waals surface area contributed by atoms with E-state index in [0.29, 0.717) is 35.3 Å². The van der Waals surface area contributed by atoms with Crippen LogP contribution in [-0.2, 0) is 10.2 Å². The molecule has 0 aliphatic carbocycles. The van der Waals surface area contributed by atoms with Crippen molar-refractivity contribution in [3.63, 3.8) is 0 Å². The number of hydrogen-bond acceptors (Lipinski definition) is 9. The van der Waals surface area contributed by atoms with Crippen LogP contribution in [0.3, 0.4) is 0 Å². The monoisotopic (exact) mass is 541 g/mol. The van der Waals surface area contributed by atoms with Gasteiger partial charge < -0.3 is 24.6 Å². The van der Waals surface area contributed by atoms with Gasteiger partial charge in [0.2, 0.25) is 0 Å². The first-order valence-electron chi connectivity index (χ1n) is 13.4. The lowest BCUT2D eigenvalue weighted by Gasteiger charge is -2.26. The Kier molecular flexibility index (Phi) is 8.34. The van der Waals surface area contributed by atoms with Gasteiger partial charge in [-0.15, -0.1) is 0 Å². The van der Waals surface area contributed by atoms with E-state index in [1.165, 1.54) is 0 Å². The molecule has 0 radical (unpaired) electrons. The Bertz CT molecular complexity index is 1500. The predicted molar refractivity (Wildman–Crippen MR) is 154 cm³/mol. The van der Waals surface area contributed by atoms with Crippen LogP contribution >= 0.6 is 0 Å². The zero-order valence-electron chi connectivity index (χ0n) is 23.2. The summed E-state index contributed by atoms with van der Waals surface area (Å²) in [7, 11) is 0. The minimum Gasteiger partial charge on any atom is -0.490 e. The standard InChI is InChI=1S/C30H35N7O3/c1-22(34-28-20-27(40-35-28)30(2,3)4)33-24-9-6-23(7-10-24)8-11-25-21-31-29-26(12-13-32-37(25)29)39-17-5-14-36-15-18-38-19-16-36/h6-7,9-10,12-13,20-21,33H,1,5,14-19H2,2-4H3,(H,34,35). The van der Waals surface area contributed by atoms with Gasteiger partial charge in [-0.05, 0) is 36.6 Å². The van der Waals surface area contributed by atoms with Crippen molar-refractivity contribution < 1.29 is 14.0 Å². The first-order chi connectivity index (χ1) is 19.3. The topological polar surface area (TPSA) is 102 Å². The molecule has 1 aliphatic heterocycles. The summed E-state index contributed by atoms with van der Waals surface area (Å²) in [5.41, 5.74) is 2.97. The molecule has 3 aromatic heterocycles. The van der Waals surface area contributed by atoms with Crippen molar-refractivity contribution in [1.82, 2.24) is 24.7 Å². The summed E-state index contributed by atoms with van der Waals surface area (Å²) in [4.78, 5) is 6.90. The maximum absolute atomic E-state index is 6.03. The zero-order chi connectivity index (χ0) is 28.0. The molecule has 208 valence electrons. The van der Waals surface area contributed by atoms with Crippen LogP contribution in [0.2, 0.25) is 0 Å². The van der Waals surface area contributed by atoms with Crippen molar-refractivity contribution in [2.75, 3.05) is 50.1 Å². The molecule has 1 fully saturated rings. The van der Waals surface area contributed by atoms with E-state index in [4.69, 9.17) is 14.0 Å². The maximum atomic E-state index is 6.03. The number of nitrogens with one attached hydrogen (secondary N) is 2. The van der Waals surface area contributed by atoms with Crippen LogP contribution < -0.4 is 15.4 Å². The summed E-state index contributed by atoms with van der Waals surface area (Å²) < 4.78 is 18.6. The molecule has 4 heterocycles. The molecule has 10 heteroatoms.